The monoisotopic (exact) mass is 292 g/mol. The average molecular weight is 292 g/mol. The van der Waals surface area contributed by atoms with E-state index in [0.29, 0.717) is 5.69 Å². The van der Waals surface area contributed by atoms with Gasteiger partial charge in [0.1, 0.15) is 17.4 Å². The first-order valence-electron chi connectivity index (χ1n) is 6.24. The van der Waals surface area contributed by atoms with Crippen LogP contribution < -0.4 is 15.8 Å². The van der Waals surface area contributed by atoms with Gasteiger partial charge in [0.15, 0.2) is 6.10 Å². The van der Waals surface area contributed by atoms with Crippen LogP contribution in [-0.4, -0.2) is 12.0 Å². The zero-order valence-corrected chi connectivity index (χ0v) is 11.3. The van der Waals surface area contributed by atoms with Crippen LogP contribution >= 0.6 is 0 Å². The van der Waals surface area contributed by atoms with Gasteiger partial charge in [0, 0.05) is 11.8 Å². The molecule has 0 saturated carbocycles. The maximum absolute atomic E-state index is 13.0. The van der Waals surface area contributed by atoms with Crippen LogP contribution in [0, 0.1) is 11.6 Å². The molecule has 4 nitrogen and oxygen atoms in total. The number of amides is 1. The molecule has 0 saturated heterocycles. The van der Waals surface area contributed by atoms with Crippen molar-refractivity contribution in [2.24, 2.45) is 0 Å². The van der Waals surface area contributed by atoms with E-state index >= 15 is 0 Å². The molecule has 0 aliphatic carbocycles. The summed E-state index contributed by atoms with van der Waals surface area (Å²) in [5.41, 5.74) is 5.71. The van der Waals surface area contributed by atoms with Gasteiger partial charge in [-0.15, -0.1) is 0 Å². The molecule has 1 amide bonds. The summed E-state index contributed by atoms with van der Waals surface area (Å²) in [6.45, 7) is 1.52. The predicted molar refractivity (Wildman–Crippen MR) is 75.9 cm³/mol. The van der Waals surface area contributed by atoms with E-state index in [2.05, 4.69) is 5.32 Å². The summed E-state index contributed by atoms with van der Waals surface area (Å²) in [7, 11) is 0. The van der Waals surface area contributed by atoms with Crippen LogP contribution in [0.4, 0.5) is 20.2 Å². The lowest BCUT2D eigenvalue weighted by atomic mass is 10.2. The van der Waals surface area contributed by atoms with Crippen molar-refractivity contribution in [3.8, 4) is 5.75 Å². The molecule has 6 heteroatoms. The second-order valence-electron chi connectivity index (χ2n) is 4.44. The largest absolute Gasteiger partial charge is 0.481 e. The SMILES string of the molecule is CC(Oc1cccc(F)c1)C(=O)Nc1ccc(F)c(N)c1. The van der Waals surface area contributed by atoms with Crippen molar-refractivity contribution in [2.75, 3.05) is 11.1 Å². The highest BCUT2D eigenvalue weighted by Crippen LogP contribution is 2.18. The molecule has 0 heterocycles. The fourth-order valence-corrected chi connectivity index (χ4v) is 1.66. The van der Waals surface area contributed by atoms with Gasteiger partial charge in [-0.2, -0.15) is 0 Å². The summed E-state index contributed by atoms with van der Waals surface area (Å²) in [5.74, 6) is -1.22. The number of benzene rings is 2. The molecule has 1 unspecified atom stereocenters. The van der Waals surface area contributed by atoms with Crippen LogP contribution in [0.3, 0.4) is 0 Å². The topological polar surface area (TPSA) is 64.3 Å². The smallest absolute Gasteiger partial charge is 0.265 e. The molecule has 2 aromatic carbocycles. The molecule has 0 bridgehead atoms. The molecule has 21 heavy (non-hydrogen) atoms. The van der Waals surface area contributed by atoms with E-state index in [4.69, 9.17) is 10.5 Å². The molecular weight excluding hydrogens is 278 g/mol. The van der Waals surface area contributed by atoms with E-state index in [1.807, 2.05) is 0 Å². The van der Waals surface area contributed by atoms with E-state index < -0.39 is 23.6 Å². The Morgan fingerprint density at radius 3 is 2.67 bits per heavy atom. The number of hydrogen-bond donors (Lipinski definition) is 2. The molecule has 0 fully saturated rings. The highest BCUT2D eigenvalue weighted by Gasteiger charge is 2.15. The first-order valence-corrected chi connectivity index (χ1v) is 6.24. The summed E-state index contributed by atoms with van der Waals surface area (Å²) < 4.78 is 31.4. The Morgan fingerprint density at radius 2 is 2.00 bits per heavy atom. The molecule has 0 spiro atoms. The Labute approximate surface area is 120 Å². The highest BCUT2D eigenvalue weighted by molar-refractivity contribution is 5.94. The molecule has 1 atom stereocenters. The molecule has 0 radical (unpaired) electrons. The first-order chi connectivity index (χ1) is 9.95. The summed E-state index contributed by atoms with van der Waals surface area (Å²) in [5, 5.41) is 2.54. The molecule has 0 aromatic heterocycles. The Kier molecular flexibility index (Phi) is 4.37. The quantitative estimate of drug-likeness (QED) is 0.852. The van der Waals surface area contributed by atoms with Gasteiger partial charge in [0.25, 0.3) is 5.91 Å². The number of nitrogens with two attached hydrogens (primary N) is 1. The van der Waals surface area contributed by atoms with E-state index in [9.17, 15) is 13.6 Å². The summed E-state index contributed by atoms with van der Waals surface area (Å²) in [6.07, 6.45) is -0.849. The lowest BCUT2D eigenvalue weighted by Gasteiger charge is -2.15. The molecule has 0 aliphatic rings. The van der Waals surface area contributed by atoms with Crippen molar-refractivity contribution in [3.05, 3.63) is 54.1 Å². The minimum Gasteiger partial charge on any atom is -0.481 e. The predicted octanol–water partition coefficient (Wildman–Crippen LogP) is 2.95. The highest BCUT2D eigenvalue weighted by atomic mass is 19.1. The van der Waals surface area contributed by atoms with Crippen LogP contribution in [0.15, 0.2) is 42.5 Å². The van der Waals surface area contributed by atoms with Gasteiger partial charge >= 0.3 is 0 Å². The third-order valence-electron chi connectivity index (χ3n) is 2.74. The number of carbonyl (C=O) groups is 1. The van der Waals surface area contributed by atoms with Crippen LogP contribution in [0.2, 0.25) is 0 Å². The fraction of sp³-hybridized carbons (Fsp3) is 0.133. The Bertz CT molecular complexity index is 662. The number of anilines is 2. The van der Waals surface area contributed by atoms with Gasteiger partial charge in [0.2, 0.25) is 0 Å². The Hall–Kier alpha value is -2.63. The number of halogens is 2. The number of nitrogen functional groups attached to an aromatic ring is 1. The summed E-state index contributed by atoms with van der Waals surface area (Å²) in [6, 6.07) is 9.33. The second kappa shape index (κ2) is 6.21. The standard InChI is InChI=1S/C15H14F2N2O2/c1-9(21-12-4-2-3-10(16)7-12)15(20)19-11-5-6-13(17)14(18)8-11/h2-9H,18H2,1H3,(H,19,20). The Morgan fingerprint density at radius 1 is 1.24 bits per heavy atom. The first kappa shape index (κ1) is 14.8. The van der Waals surface area contributed by atoms with Crippen molar-refractivity contribution < 1.29 is 18.3 Å². The zero-order valence-electron chi connectivity index (χ0n) is 11.3. The lowest BCUT2D eigenvalue weighted by Crippen LogP contribution is -2.30. The van der Waals surface area contributed by atoms with E-state index in [0.717, 1.165) is 6.07 Å². The molecule has 2 rings (SSSR count). The number of rotatable bonds is 4. The number of nitrogens with one attached hydrogen (secondary N) is 1. The lowest BCUT2D eigenvalue weighted by molar-refractivity contribution is -0.122. The van der Waals surface area contributed by atoms with Gasteiger partial charge < -0.3 is 15.8 Å². The van der Waals surface area contributed by atoms with Crippen LogP contribution in [0.25, 0.3) is 0 Å². The summed E-state index contributed by atoms with van der Waals surface area (Å²) >= 11 is 0. The van der Waals surface area contributed by atoms with Crippen LogP contribution in [0.5, 0.6) is 5.75 Å². The molecule has 0 aliphatic heterocycles. The molecule has 2 aromatic rings. The van der Waals surface area contributed by atoms with Crippen molar-refractivity contribution in [1.29, 1.82) is 0 Å². The van der Waals surface area contributed by atoms with Crippen molar-refractivity contribution >= 4 is 17.3 Å². The van der Waals surface area contributed by atoms with Gasteiger partial charge in [-0.05, 0) is 37.3 Å². The van der Waals surface area contributed by atoms with Gasteiger partial charge in [0.05, 0.1) is 5.69 Å². The van der Waals surface area contributed by atoms with E-state index in [1.54, 1.807) is 6.07 Å². The molecule has 3 N–H and O–H groups in total. The maximum Gasteiger partial charge on any atom is 0.265 e. The number of hydrogen-bond acceptors (Lipinski definition) is 3. The number of carbonyl (C=O) groups excluding carboxylic acids is 1. The summed E-state index contributed by atoms with van der Waals surface area (Å²) in [4.78, 5) is 11.9. The normalized spacial score (nSPS) is 11.8. The van der Waals surface area contributed by atoms with Crippen LogP contribution in [0.1, 0.15) is 6.92 Å². The fourth-order valence-electron chi connectivity index (χ4n) is 1.66. The van der Waals surface area contributed by atoms with Crippen molar-refractivity contribution in [1.82, 2.24) is 0 Å². The minimum absolute atomic E-state index is 0.0634. The third-order valence-corrected chi connectivity index (χ3v) is 2.74. The molecular formula is C15H14F2N2O2. The Balaban J connectivity index is 2.00. The van der Waals surface area contributed by atoms with Crippen LogP contribution in [-0.2, 0) is 4.79 Å². The van der Waals surface area contributed by atoms with E-state index in [-0.39, 0.29) is 11.4 Å². The van der Waals surface area contributed by atoms with Gasteiger partial charge in [-0.1, -0.05) is 6.07 Å². The maximum atomic E-state index is 13.0. The van der Waals surface area contributed by atoms with Gasteiger partial charge in [-0.3, -0.25) is 4.79 Å². The van der Waals surface area contributed by atoms with E-state index in [1.165, 1.54) is 37.3 Å². The molecule has 110 valence electrons. The zero-order chi connectivity index (χ0) is 15.4. The third kappa shape index (κ3) is 3.92. The average Bonchev–Trinajstić information content (AvgIpc) is 2.43. The minimum atomic E-state index is -0.849. The van der Waals surface area contributed by atoms with Crippen molar-refractivity contribution in [3.63, 3.8) is 0 Å². The number of ether oxygens (including phenoxy) is 1. The second-order valence-corrected chi connectivity index (χ2v) is 4.44. The van der Waals surface area contributed by atoms with Gasteiger partial charge in [-0.25, -0.2) is 8.78 Å². The van der Waals surface area contributed by atoms with Crippen molar-refractivity contribution in [2.45, 2.75) is 13.0 Å².